The molecule has 2 heterocycles. The molecular weight excluding hydrogens is 484 g/mol. The average molecular weight is 513 g/mol. The highest BCUT2D eigenvalue weighted by molar-refractivity contribution is 6.57. The summed E-state index contributed by atoms with van der Waals surface area (Å²) in [6.45, 7) is 3.23. The van der Waals surface area contributed by atoms with Crippen molar-refractivity contribution in [3.8, 4) is 0 Å². The number of amides is 1. The second-order valence-electron chi connectivity index (χ2n) is 8.84. The maximum absolute atomic E-state index is 12.2. The number of carbonyl (C=O) groups excluding carboxylic acids is 4. The summed E-state index contributed by atoms with van der Waals surface area (Å²) in [5.74, 6) is -1.82. The first-order valence-electron chi connectivity index (χ1n) is 12.2. The van der Waals surface area contributed by atoms with Crippen molar-refractivity contribution < 1.29 is 28.8 Å². The Morgan fingerprint density at radius 2 is 1.92 bits per heavy atom. The molecule has 0 aromatic heterocycles. The third kappa shape index (κ3) is 5.60. The number of nitrogens with zero attached hydrogens (tertiary/aromatic N) is 2. The Kier molecular flexibility index (Phi) is 8.38. The summed E-state index contributed by atoms with van der Waals surface area (Å²) < 4.78 is 5.18. The van der Waals surface area contributed by atoms with Crippen LogP contribution < -0.4 is 0 Å². The molecule has 0 saturated carbocycles. The van der Waals surface area contributed by atoms with E-state index >= 15 is 0 Å². The number of benzene rings is 1. The maximum Gasteiger partial charge on any atom is 0.409 e. The van der Waals surface area contributed by atoms with E-state index in [0.717, 1.165) is 35.1 Å². The predicted molar refractivity (Wildman–Crippen MR) is 134 cm³/mol. The van der Waals surface area contributed by atoms with Gasteiger partial charge in [0.05, 0.1) is 13.2 Å². The van der Waals surface area contributed by atoms with Crippen molar-refractivity contribution in [3.05, 3.63) is 63.8 Å². The molecule has 1 aliphatic carbocycles. The lowest BCUT2D eigenvalue weighted by Crippen LogP contribution is -2.39. The molecule has 0 bridgehead atoms. The number of piperidine rings is 1. The zero-order chi connectivity index (χ0) is 25.7. The molecule has 2 aliphatic heterocycles. The van der Waals surface area contributed by atoms with Gasteiger partial charge in [-0.15, -0.1) is 0 Å². The lowest BCUT2D eigenvalue weighted by Gasteiger charge is -2.37. The molecule has 1 fully saturated rings. The molecule has 1 amide bonds. The molecule has 1 aromatic carbocycles. The number of hydrogen-bond acceptors (Lipinski definition) is 7. The fourth-order valence-electron chi connectivity index (χ4n) is 4.96. The Morgan fingerprint density at radius 1 is 1.14 bits per heavy atom. The topological polar surface area (TPSA) is 93.2 Å². The number of ketones is 2. The minimum atomic E-state index is -1.05. The van der Waals surface area contributed by atoms with E-state index in [2.05, 4.69) is 6.08 Å². The van der Waals surface area contributed by atoms with Gasteiger partial charge in [-0.3, -0.25) is 19.2 Å². The quantitative estimate of drug-likeness (QED) is 0.309. The Balaban J connectivity index is 1.66. The molecule has 36 heavy (non-hydrogen) atoms. The van der Waals surface area contributed by atoms with Gasteiger partial charge in [0.2, 0.25) is 5.78 Å². The van der Waals surface area contributed by atoms with Crippen LogP contribution in [0.15, 0.2) is 47.7 Å². The number of aryl methyl sites for hydroxylation is 1. The second kappa shape index (κ2) is 11.7. The zero-order valence-corrected chi connectivity index (χ0v) is 21.0. The van der Waals surface area contributed by atoms with E-state index in [1.165, 1.54) is 5.57 Å². The summed E-state index contributed by atoms with van der Waals surface area (Å²) in [4.78, 5) is 53.7. The van der Waals surface area contributed by atoms with E-state index in [1.807, 2.05) is 30.5 Å². The lowest BCUT2D eigenvalue weighted by atomic mass is 9.84. The fourth-order valence-corrected chi connectivity index (χ4v) is 5.16. The number of allylic oxidation sites excluding steroid dienone is 2. The molecule has 0 radical (unpaired) electrons. The first-order valence-corrected chi connectivity index (χ1v) is 12.5. The van der Waals surface area contributed by atoms with E-state index in [1.54, 1.807) is 16.9 Å². The molecule has 8 nitrogen and oxygen atoms in total. The number of aldehydes is 1. The van der Waals surface area contributed by atoms with Crippen LogP contribution in [-0.4, -0.2) is 66.3 Å². The van der Waals surface area contributed by atoms with Crippen LogP contribution >= 0.6 is 11.6 Å². The van der Waals surface area contributed by atoms with Gasteiger partial charge in [-0.25, -0.2) is 9.86 Å². The smallest absolute Gasteiger partial charge is 0.409 e. The monoisotopic (exact) mass is 512 g/mol. The van der Waals surface area contributed by atoms with Crippen molar-refractivity contribution in [2.45, 2.75) is 45.1 Å². The van der Waals surface area contributed by atoms with Crippen LogP contribution in [0.2, 0.25) is 5.02 Å². The summed E-state index contributed by atoms with van der Waals surface area (Å²) in [6, 6.07) is 5.71. The maximum atomic E-state index is 12.2. The van der Waals surface area contributed by atoms with Gasteiger partial charge in [0, 0.05) is 30.7 Å². The molecule has 1 saturated heterocycles. The van der Waals surface area contributed by atoms with Crippen LogP contribution in [0.4, 0.5) is 4.79 Å². The first-order chi connectivity index (χ1) is 17.4. The molecule has 1 atom stereocenters. The summed E-state index contributed by atoms with van der Waals surface area (Å²) >= 11 is 6.34. The molecule has 1 aromatic rings. The van der Waals surface area contributed by atoms with Gasteiger partial charge in [-0.05, 0) is 73.1 Å². The average Bonchev–Trinajstić information content (AvgIpc) is 3.05. The largest absolute Gasteiger partial charge is 0.450 e. The van der Waals surface area contributed by atoms with Crippen LogP contribution in [0.1, 0.15) is 43.7 Å². The SMILES string of the molecule is CCOC(=O)N1CCC(=C2c3ccc(Cl)cc3CCC3=CC=CN(OCCC(=O)C(=O)C=O)C32)CC1. The molecule has 0 spiro atoms. The molecule has 190 valence electrons. The van der Waals surface area contributed by atoms with Gasteiger partial charge in [0.15, 0.2) is 6.29 Å². The molecule has 9 heteroatoms. The van der Waals surface area contributed by atoms with Crippen LogP contribution in [0, 0.1) is 0 Å². The van der Waals surface area contributed by atoms with E-state index < -0.39 is 11.6 Å². The number of ether oxygens (including phenoxy) is 1. The van der Waals surface area contributed by atoms with Gasteiger partial charge in [0.25, 0.3) is 5.78 Å². The van der Waals surface area contributed by atoms with E-state index in [4.69, 9.17) is 21.2 Å². The predicted octanol–water partition coefficient (Wildman–Crippen LogP) is 4.08. The number of halogens is 1. The first kappa shape index (κ1) is 25.9. The summed E-state index contributed by atoms with van der Waals surface area (Å²) in [5.41, 5.74) is 5.76. The van der Waals surface area contributed by atoms with Crippen LogP contribution in [0.3, 0.4) is 0 Å². The van der Waals surface area contributed by atoms with Gasteiger partial charge in [-0.1, -0.05) is 29.3 Å². The standard InChI is InChI=1S/C27H29ClN2O6/c1-2-35-27(34)29-13-9-18(10-14-29)25-22-8-7-21(28)16-20(22)6-5-19-4-3-12-30(26(19)25)36-15-11-23(32)24(33)17-31/h3-4,7-8,12,16-17,26H,2,5-6,9-11,13-15H2,1H3. The summed E-state index contributed by atoms with van der Waals surface area (Å²) in [6.07, 6.45) is 8.38. The van der Waals surface area contributed by atoms with Gasteiger partial charge >= 0.3 is 6.09 Å². The third-order valence-electron chi connectivity index (χ3n) is 6.69. The van der Waals surface area contributed by atoms with Crippen LogP contribution in [0.25, 0.3) is 5.57 Å². The lowest BCUT2D eigenvalue weighted by molar-refractivity contribution is -0.147. The van der Waals surface area contributed by atoms with Crippen molar-refractivity contribution in [1.82, 2.24) is 9.96 Å². The van der Waals surface area contributed by atoms with E-state index in [9.17, 15) is 19.2 Å². The van der Waals surface area contributed by atoms with Crippen molar-refractivity contribution in [2.24, 2.45) is 0 Å². The number of Topliss-reactive ketones (excluding diaryl/α,β-unsaturated/α-hetero) is 2. The summed E-state index contributed by atoms with van der Waals surface area (Å²) in [5, 5.41) is 2.41. The fraction of sp³-hybridized carbons (Fsp3) is 0.407. The second-order valence-corrected chi connectivity index (χ2v) is 9.28. The van der Waals surface area contributed by atoms with Crippen molar-refractivity contribution >= 4 is 41.1 Å². The third-order valence-corrected chi connectivity index (χ3v) is 6.92. The number of carbonyl (C=O) groups is 4. The number of hydrogen-bond donors (Lipinski definition) is 0. The Labute approximate surface area is 215 Å². The number of fused-ring (bicyclic) bond motifs is 2. The van der Waals surface area contributed by atoms with Crippen molar-refractivity contribution in [1.29, 1.82) is 0 Å². The highest BCUT2D eigenvalue weighted by Crippen LogP contribution is 2.42. The highest BCUT2D eigenvalue weighted by atomic mass is 35.5. The Morgan fingerprint density at radius 3 is 2.64 bits per heavy atom. The molecule has 1 unspecified atom stereocenters. The Bertz CT molecular complexity index is 1140. The highest BCUT2D eigenvalue weighted by Gasteiger charge is 2.35. The Hall–Kier alpha value is -3.23. The van der Waals surface area contributed by atoms with Crippen LogP contribution in [0.5, 0.6) is 0 Å². The molecular formula is C27H29ClN2O6. The summed E-state index contributed by atoms with van der Waals surface area (Å²) in [7, 11) is 0. The number of rotatable bonds is 7. The number of likely N-dealkylation sites (tertiary alicyclic amines) is 1. The number of hydroxylamine groups is 2. The van der Waals surface area contributed by atoms with Gasteiger partial charge < -0.3 is 9.64 Å². The molecule has 0 N–H and O–H groups in total. The van der Waals surface area contributed by atoms with Crippen molar-refractivity contribution in [3.63, 3.8) is 0 Å². The van der Waals surface area contributed by atoms with E-state index in [-0.39, 0.29) is 31.4 Å². The minimum Gasteiger partial charge on any atom is -0.450 e. The van der Waals surface area contributed by atoms with E-state index in [0.29, 0.717) is 37.6 Å². The van der Waals surface area contributed by atoms with Gasteiger partial charge in [-0.2, -0.15) is 0 Å². The zero-order valence-electron chi connectivity index (χ0n) is 20.2. The van der Waals surface area contributed by atoms with Gasteiger partial charge in [0.1, 0.15) is 6.04 Å². The molecule has 3 aliphatic rings. The molecule has 4 rings (SSSR count). The van der Waals surface area contributed by atoms with Crippen LogP contribution in [-0.2, 0) is 30.4 Å². The normalized spacial score (nSPS) is 19.2. The van der Waals surface area contributed by atoms with Crippen molar-refractivity contribution in [2.75, 3.05) is 26.3 Å². The minimum absolute atomic E-state index is 0.0285.